The molecule has 0 atom stereocenters. The third-order valence-corrected chi connectivity index (χ3v) is 3.95. The summed E-state index contributed by atoms with van der Waals surface area (Å²) in [6.07, 6.45) is -0.848. The zero-order valence-electron chi connectivity index (χ0n) is 9.79. The lowest BCUT2D eigenvalue weighted by atomic mass is 10.4. The number of sulfonamides is 1. The minimum absolute atomic E-state index is 0.0378. The lowest BCUT2D eigenvalue weighted by Gasteiger charge is -2.19. The van der Waals surface area contributed by atoms with Gasteiger partial charge in [-0.05, 0) is 26.0 Å². The third-order valence-electron chi connectivity index (χ3n) is 2.09. The molecule has 1 rings (SSSR count). The van der Waals surface area contributed by atoms with Crippen molar-refractivity contribution in [3.05, 3.63) is 30.3 Å². The zero-order valence-corrected chi connectivity index (χ0v) is 10.6. The third kappa shape index (κ3) is 2.97. The van der Waals surface area contributed by atoms with Crippen molar-refractivity contribution in [2.45, 2.75) is 18.7 Å². The molecule has 0 radical (unpaired) electrons. The molecule has 0 aliphatic rings. The first kappa shape index (κ1) is 13.5. The van der Waals surface area contributed by atoms with E-state index in [4.69, 9.17) is 4.74 Å². The summed E-state index contributed by atoms with van der Waals surface area (Å²) in [5.74, 6) is 0. The van der Waals surface area contributed by atoms with Crippen LogP contribution in [0, 0.1) is 0 Å². The van der Waals surface area contributed by atoms with Crippen molar-refractivity contribution in [3.63, 3.8) is 0 Å². The predicted octanol–water partition coefficient (Wildman–Crippen LogP) is 1.85. The first-order chi connectivity index (χ1) is 8.04. The van der Waals surface area contributed by atoms with Crippen molar-refractivity contribution in [3.8, 4) is 0 Å². The average molecular weight is 257 g/mol. The van der Waals surface area contributed by atoms with Crippen LogP contribution in [-0.2, 0) is 14.8 Å². The number of benzene rings is 1. The van der Waals surface area contributed by atoms with Gasteiger partial charge in [-0.15, -0.1) is 0 Å². The molecule has 6 heteroatoms. The molecule has 0 aromatic heterocycles. The second-order valence-electron chi connectivity index (χ2n) is 3.18. The van der Waals surface area contributed by atoms with Crippen LogP contribution in [0.3, 0.4) is 0 Å². The van der Waals surface area contributed by atoms with Gasteiger partial charge in [0.2, 0.25) is 0 Å². The van der Waals surface area contributed by atoms with Crippen LogP contribution in [0.4, 0.5) is 4.79 Å². The summed E-state index contributed by atoms with van der Waals surface area (Å²) in [6, 6.07) is 7.80. The van der Waals surface area contributed by atoms with Crippen molar-refractivity contribution in [2.75, 3.05) is 13.2 Å². The number of hydrogen-bond acceptors (Lipinski definition) is 4. The summed E-state index contributed by atoms with van der Waals surface area (Å²) < 4.78 is 29.6. The molecular formula is C11H15NO4S. The smallest absolute Gasteiger partial charge is 0.423 e. The summed E-state index contributed by atoms with van der Waals surface area (Å²) in [5.41, 5.74) is 0. The second kappa shape index (κ2) is 5.67. The number of rotatable bonds is 4. The number of carbonyl (C=O) groups excluding carboxylic acids is 1. The van der Waals surface area contributed by atoms with Gasteiger partial charge in [-0.1, -0.05) is 18.2 Å². The molecule has 0 fully saturated rings. The van der Waals surface area contributed by atoms with Crippen molar-refractivity contribution >= 4 is 16.1 Å². The maximum absolute atomic E-state index is 12.1. The fraction of sp³-hybridized carbons (Fsp3) is 0.364. The molecule has 5 nitrogen and oxygen atoms in total. The molecule has 0 heterocycles. The van der Waals surface area contributed by atoms with E-state index >= 15 is 0 Å². The standard InChI is InChI=1S/C11H15NO4S/c1-3-12(11(13)16-4-2)17(14,15)10-8-6-5-7-9-10/h5-9H,3-4H2,1-2H3. The van der Waals surface area contributed by atoms with Gasteiger partial charge in [-0.3, -0.25) is 0 Å². The molecule has 94 valence electrons. The second-order valence-corrected chi connectivity index (χ2v) is 5.04. The first-order valence-electron chi connectivity index (χ1n) is 5.28. The topological polar surface area (TPSA) is 63.7 Å². The molecule has 1 aromatic rings. The molecular weight excluding hydrogens is 242 g/mol. The van der Waals surface area contributed by atoms with Crippen LogP contribution in [0.25, 0.3) is 0 Å². The minimum atomic E-state index is -3.81. The highest BCUT2D eigenvalue weighted by atomic mass is 32.2. The van der Waals surface area contributed by atoms with Gasteiger partial charge in [0, 0.05) is 6.54 Å². The zero-order chi connectivity index (χ0) is 12.9. The van der Waals surface area contributed by atoms with Crippen LogP contribution in [0.15, 0.2) is 35.2 Å². The molecule has 0 spiro atoms. The van der Waals surface area contributed by atoms with Crippen molar-refractivity contribution in [2.24, 2.45) is 0 Å². The van der Waals surface area contributed by atoms with Gasteiger partial charge in [0.1, 0.15) is 0 Å². The highest BCUT2D eigenvalue weighted by Gasteiger charge is 2.28. The summed E-state index contributed by atoms with van der Waals surface area (Å²) in [4.78, 5) is 11.6. The summed E-state index contributed by atoms with van der Waals surface area (Å²) >= 11 is 0. The van der Waals surface area contributed by atoms with Crippen LogP contribution in [-0.4, -0.2) is 32.0 Å². The Kier molecular flexibility index (Phi) is 4.51. The normalized spacial score (nSPS) is 10.9. The molecule has 1 aromatic carbocycles. The number of hydrogen-bond donors (Lipinski definition) is 0. The molecule has 0 aliphatic carbocycles. The summed E-state index contributed by atoms with van der Waals surface area (Å²) in [7, 11) is -3.81. The van der Waals surface area contributed by atoms with Crippen LogP contribution >= 0.6 is 0 Å². The highest BCUT2D eigenvalue weighted by Crippen LogP contribution is 2.15. The Labute approximate surface area is 101 Å². The summed E-state index contributed by atoms with van der Waals surface area (Å²) in [6.45, 7) is 3.38. The van der Waals surface area contributed by atoms with E-state index in [9.17, 15) is 13.2 Å². The fourth-order valence-corrected chi connectivity index (χ4v) is 2.66. The monoisotopic (exact) mass is 257 g/mol. The largest absolute Gasteiger partial charge is 0.449 e. The van der Waals surface area contributed by atoms with Gasteiger partial charge in [0.15, 0.2) is 0 Å². The van der Waals surface area contributed by atoms with Gasteiger partial charge >= 0.3 is 6.09 Å². The summed E-state index contributed by atoms with van der Waals surface area (Å²) in [5, 5.41) is 0. The van der Waals surface area contributed by atoms with Crippen molar-refractivity contribution in [1.29, 1.82) is 0 Å². The highest BCUT2D eigenvalue weighted by molar-refractivity contribution is 7.89. The van der Waals surface area contributed by atoms with Crippen molar-refractivity contribution < 1.29 is 17.9 Å². The van der Waals surface area contributed by atoms with Crippen LogP contribution in [0.1, 0.15) is 13.8 Å². The van der Waals surface area contributed by atoms with E-state index in [2.05, 4.69) is 0 Å². The molecule has 1 amide bonds. The fourth-order valence-electron chi connectivity index (χ4n) is 1.31. The van der Waals surface area contributed by atoms with E-state index in [1.165, 1.54) is 12.1 Å². The van der Waals surface area contributed by atoms with Gasteiger partial charge < -0.3 is 4.74 Å². The lowest BCUT2D eigenvalue weighted by molar-refractivity contribution is 0.132. The van der Waals surface area contributed by atoms with Gasteiger partial charge in [0.25, 0.3) is 10.0 Å². The van der Waals surface area contributed by atoms with Gasteiger partial charge in [-0.25, -0.2) is 17.5 Å². The maximum atomic E-state index is 12.1. The SMILES string of the molecule is CCOC(=O)N(CC)S(=O)(=O)c1ccccc1. The van der Waals surface area contributed by atoms with E-state index in [1.54, 1.807) is 32.0 Å². The Morgan fingerprint density at radius 1 is 1.24 bits per heavy atom. The first-order valence-corrected chi connectivity index (χ1v) is 6.72. The lowest BCUT2D eigenvalue weighted by Crippen LogP contribution is -2.37. The van der Waals surface area contributed by atoms with Crippen LogP contribution in [0.2, 0.25) is 0 Å². The number of nitrogens with zero attached hydrogens (tertiary/aromatic N) is 1. The van der Waals surface area contributed by atoms with Crippen molar-refractivity contribution in [1.82, 2.24) is 4.31 Å². The van der Waals surface area contributed by atoms with E-state index in [1.807, 2.05) is 0 Å². The molecule has 0 aliphatic heterocycles. The molecule has 0 saturated heterocycles. The number of amides is 1. The number of carbonyl (C=O) groups is 1. The molecule has 0 unspecified atom stereocenters. The molecule has 0 bridgehead atoms. The van der Waals surface area contributed by atoms with E-state index < -0.39 is 16.1 Å². The Balaban J connectivity index is 3.07. The van der Waals surface area contributed by atoms with Gasteiger partial charge in [-0.2, -0.15) is 0 Å². The maximum Gasteiger partial charge on any atom is 0.423 e. The molecule has 0 saturated carbocycles. The quantitative estimate of drug-likeness (QED) is 0.825. The van der Waals surface area contributed by atoms with E-state index in [-0.39, 0.29) is 18.0 Å². The Bertz CT molecular complexity index is 470. The number of ether oxygens (including phenoxy) is 1. The molecule has 0 N–H and O–H groups in total. The minimum Gasteiger partial charge on any atom is -0.449 e. The Hall–Kier alpha value is -1.56. The van der Waals surface area contributed by atoms with Gasteiger partial charge in [0.05, 0.1) is 11.5 Å². The predicted molar refractivity (Wildman–Crippen MR) is 63.0 cm³/mol. The average Bonchev–Trinajstić information content (AvgIpc) is 2.31. The molecule has 17 heavy (non-hydrogen) atoms. The van der Waals surface area contributed by atoms with E-state index in [0.717, 1.165) is 0 Å². The Morgan fingerprint density at radius 2 is 1.82 bits per heavy atom. The van der Waals surface area contributed by atoms with Crippen LogP contribution < -0.4 is 0 Å². The van der Waals surface area contributed by atoms with Crippen LogP contribution in [0.5, 0.6) is 0 Å². The van der Waals surface area contributed by atoms with E-state index in [0.29, 0.717) is 4.31 Å². The Morgan fingerprint density at radius 3 is 2.29 bits per heavy atom.